The molecule has 3 aromatic rings. The van der Waals surface area contributed by atoms with Crippen molar-refractivity contribution in [2.45, 2.75) is 12.3 Å². The van der Waals surface area contributed by atoms with Crippen LogP contribution < -0.4 is 0 Å². The van der Waals surface area contributed by atoms with E-state index in [0.29, 0.717) is 0 Å². The fourth-order valence-electron chi connectivity index (χ4n) is 3.06. The van der Waals surface area contributed by atoms with Crippen LogP contribution in [0.4, 0.5) is 8.96 Å². The van der Waals surface area contributed by atoms with E-state index in [4.69, 9.17) is 0 Å². The Labute approximate surface area is 141 Å². The van der Waals surface area contributed by atoms with Gasteiger partial charge in [0.2, 0.25) is 0 Å². The van der Waals surface area contributed by atoms with Crippen LogP contribution >= 0.6 is 0 Å². The zero-order chi connectivity index (χ0) is 16.8. The van der Waals surface area contributed by atoms with E-state index in [0.717, 1.165) is 23.1 Å². The average molecular weight is 323 g/mol. The van der Waals surface area contributed by atoms with Crippen molar-refractivity contribution in [3.63, 3.8) is 0 Å². The average Bonchev–Trinajstić information content (AvgIpc) is 2.62. The summed E-state index contributed by atoms with van der Waals surface area (Å²) in [4.78, 5) is 0. The molecule has 0 aromatic heterocycles. The minimum absolute atomic E-state index is 0.324. The van der Waals surface area contributed by atoms with Crippen LogP contribution in [-0.4, -0.2) is 11.9 Å². The second kappa shape index (κ2) is 7.84. The van der Waals surface area contributed by atoms with Crippen molar-refractivity contribution in [2.24, 2.45) is 0 Å². The fraction of sp³-hybridized carbons (Fsp3) is 0.143. The van der Waals surface area contributed by atoms with Crippen molar-refractivity contribution in [1.82, 2.24) is 5.34 Å². The third-order valence-electron chi connectivity index (χ3n) is 4.19. The molecule has 0 aliphatic heterocycles. The predicted octanol–water partition coefficient (Wildman–Crippen LogP) is 5.48. The Hall–Kier alpha value is -2.52. The molecule has 3 rings (SSSR count). The molecule has 0 heterocycles. The molecule has 0 N–H and O–H groups in total. The van der Waals surface area contributed by atoms with E-state index < -0.39 is 5.34 Å². The molecule has 1 nitrogen and oxygen atoms in total. The maximum absolute atomic E-state index is 13.0. The number of rotatable bonds is 6. The van der Waals surface area contributed by atoms with Gasteiger partial charge in [0, 0.05) is 11.3 Å². The Morgan fingerprint density at radius 3 is 1.96 bits per heavy atom. The summed E-state index contributed by atoms with van der Waals surface area (Å²) in [5.74, 6) is -0.360. The van der Waals surface area contributed by atoms with Gasteiger partial charge in [-0.3, -0.25) is 0 Å². The predicted molar refractivity (Wildman–Crippen MR) is 92.9 cm³/mol. The van der Waals surface area contributed by atoms with Gasteiger partial charge >= 0.3 is 0 Å². The van der Waals surface area contributed by atoms with Crippen LogP contribution in [0.3, 0.4) is 0 Å². The second-order valence-electron chi connectivity index (χ2n) is 5.81. The molecular weight excluding hydrogens is 304 g/mol. The minimum atomic E-state index is -0.725. The first-order valence-corrected chi connectivity index (χ1v) is 8.00. The summed E-state index contributed by atoms with van der Waals surface area (Å²) >= 11 is 0. The maximum atomic E-state index is 13.0. The molecule has 0 aliphatic rings. The fourth-order valence-corrected chi connectivity index (χ4v) is 3.06. The molecule has 1 atom stereocenters. The zero-order valence-electron chi connectivity index (χ0n) is 13.3. The monoisotopic (exact) mass is 323 g/mol. The van der Waals surface area contributed by atoms with Crippen molar-refractivity contribution in [3.8, 4) is 0 Å². The number of nitrogens with zero attached hydrogens (tertiary/aromatic N) is 1. The van der Waals surface area contributed by atoms with Gasteiger partial charge in [0.15, 0.2) is 0 Å². The Kier molecular flexibility index (Phi) is 5.34. The highest BCUT2D eigenvalue weighted by Crippen LogP contribution is 2.30. The molecule has 0 fully saturated rings. The smallest absolute Gasteiger partial charge is 0.0729 e. The normalized spacial score (nSPS) is 12.3. The van der Waals surface area contributed by atoms with Gasteiger partial charge in [0.05, 0.1) is 6.54 Å². The summed E-state index contributed by atoms with van der Waals surface area (Å²) in [6, 6.07) is 27.5. The van der Waals surface area contributed by atoms with Gasteiger partial charge < -0.3 is 0 Å². The SMILES string of the molecule is FN(F)CC(c1ccccc1)c1ccccc1Cc1ccccc1. The third-order valence-corrected chi connectivity index (χ3v) is 4.19. The van der Waals surface area contributed by atoms with Crippen LogP contribution in [0.15, 0.2) is 84.9 Å². The summed E-state index contributed by atoms with van der Waals surface area (Å²) in [5, 5.41) is -0.725. The summed E-state index contributed by atoms with van der Waals surface area (Å²) in [7, 11) is 0. The van der Waals surface area contributed by atoms with Gasteiger partial charge in [0.1, 0.15) is 0 Å². The molecular formula is C21H19F2N. The van der Waals surface area contributed by atoms with Crippen LogP contribution in [0.1, 0.15) is 28.2 Å². The lowest BCUT2D eigenvalue weighted by atomic mass is 9.86. The van der Waals surface area contributed by atoms with E-state index >= 15 is 0 Å². The van der Waals surface area contributed by atoms with Crippen molar-refractivity contribution in [3.05, 3.63) is 107 Å². The molecule has 0 bridgehead atoms. The van der Waals surface area contributed by atoms with Crippen molar-refractivity contribution in [2.75, 3.05) is 6.54 Å². The number of hydrogen-bond acceptors (Lipinski definition) is 1. The highest BCUT2D eigenvalue weighted by molar-refractivity contribution is 5.40. The topological polar surface area (TPSA) is 3.24 Å². The first-order valence-electron chi connectivity index (χ1n) is 8.00. The van der Waals surface area contributed by atoms with Gasteiger partial charge in [-0.15, -0.1) is 8.96 Å². The summed E-state index contributed by atoms with van der Waals surface area (Å²) in [5.41, 5.74) is 4.11. The van der Waals surface area contributed by atoms with E-state index in [-0.39, 0.29) is 12.5 Å². The Morgan fingerprint density at radius 1 is 0.708 bits per heavy atom. The van der Waals surface area contributed by atoms with Crippen LogP contribution in [0.25, 0.3) is 0 Å². The Morgan fingerprint density at radius 2 is 1.29 bits per heavy atom. The van der Waals surface area contributed by atoms with Gasteiger partial charge in [-0.25, -0.2) is 0 Å². The molecule has 0 saturated carbocycles. The first kappa shape index (κ1) is 16.3. The third kappa shape index (κ3) is 4.06. The van der Waals surface area contributed by atoms with E-state index in [1.807, 2.05) is 72.8 Å². The number of benzene rings is 3. The van der Waals surface area contributed by atoms with Crippen LogP contribution in [0.5, 0.6) is 0 Å². The van der Waals surface area contributed by atoms with Crippen LogP contribution in [0.2, 0.25) is 0 Å². The molecule has 3 aromatic carbocycles. The van der Waals surface area contributed by atoms with Gasteiger partial charge in [0.25, 0.3) is 0 Å². The van der Waals surface area contributed by atoms with Crippen LogP contribution in [0, 0.1) is 0 Å². The summed E-state index contributed by atoms with van der Waals surface area (Å²) < 4.78 is 26.1. The quantitative estimate of drug-likeness (QED) is 0.543. The van der Waals surface area contributed by atoms with Gasteiger partial charge in [-0.1, -0.05) is 84.9 Å². The van der Waals surface area contributed by atoms with E-state index in [1.165, 1.54) is 5.56 Å². The van der Waals surface area contributed by atoms with E-state index in [9.17, 15) is 8.96 Å². The molecule has 0 aliphatic carbocycles. The van der Waals surface area contributed by atoms with Gasteiger partial charge in [-0.05, 0) is 28.7 Å². The Bertz CT molecular complexity index is 757. The zero-order valence-corrected chi connectivity index (χ0v) is 13.3. The maximum Gasteiger partial charge on any atom is 0.0729 e. The second-order valence-corrected chi connectivity index (χ2v) is 5.81. The lowest BCUT2D eigenvalue weighted by Crippen LogP contribution is -2.17. The van der Waals surface area contributed by atoms with Gasteiger partial charge in [-0.2, -0.15) is 0 Å². The molecule has 0 saturated heterocycles. The van der Waals surface area contributed by atoms with Crippen molar-refractivity contribution in [1.29, 1.82) is 0 Å². The molecule has 24 heavy (non-hydrogen) atoms. The molecule has 0 amide bonds. The highest BCUT2D eigenvalue weighted by atomic mass is 19.4. The lowest BCUT2D eigenvalue weighted by Gasteiger charge is -2.21. The summed E-state index contributed by atoms with van der Waals surface area (Å²) in [6.07, 6.45) is 0.735. The lowest BCUT2D eigenvalue weighted by molar-refractivity contribution is -0.154. The Balaban J connectivity index is 1.99. The molecule has 122 valence electrons. The standard InChI is InChI=1S/C21H19F2N/c22-24(23)16-21(18-11-5-2-6-12-18)20-14-8-7-13-19(20)15-17-9-3-1-4-10-17/h1-14,21H,15-16H2. The number of halogens is 2. The van der Waals surface area contributed by atoms with Crippen molar-refractivity contribution < 1.29 is 8.96 Å². The van der Waals surface area contributed by atoms with Crippen molar-refractivity contribution >= 4 is 0 Å². The van der Waals surface area contributed by atoms with E-state index in [1.54, 1.807) is 0 Å². The first-order chi connectivity index (χ1) is 11.7. The largest absolute Gasteiger partial charge is 0.102 e. The summed E-state index contributed by atoms with van der Waals surface area (Å²) in [6.45, 7) is -0.324. The molecule has 0 radical (unpaired) electrons. The highest BCUT2D eigenvalue weighted by Gasteiger charge is 2.20. The minimum Gasteiger partial charge on any atom is -0.102 e. The van der Waals surface area contributed by atoms with E-state index in [2.05, 4.69) is 12.1 Å². The number of hydrogen-bond donors (Lipinski definition) is 0. The molecule has 1 unspecified atom stereocenters. The molecule has 3 heteroatoms. The van der Waals surface area contributed by atoms with Crippen LogP contribution in [-0.2, 0) is 6.42 Å². The molecule has 0 spiro atoms.